The standard InChI is InChI=1S/C20H26O3/c1-13(21)15-12-16-14(11-18(15)23-20(5,6)7)9-8-10-17(16)22-19(2,3)4/h8-12H,1-7H3. The lowest BCUT2D eigenvalue weighted by molar-refractivity contribution is 0.0991. The molecule has 2 rings (SSSR count). The minimum absolute atomic E-state index is 0.0169. The van der Waals surface area contributed by atoms with Crippen molar-refractivity contribution >= 4 is 16.6 Å². The van der Waals surface area contributed by atoms with Crippen molar-refractivity contribution in [3.05, 3.63) is 35.9 Å². The Bertz CT molecular complexity index is 731. The van der Waals surface area contributed by atoms with Crippen molar-refractivity contribution in [3.8, 4) is 11.5 Å². The lowest BCUT2D eigenvalue weighted by Crippen LogP contribution is -2.24. The van der Waals surface area contributed by atoms with Crippen LogP contribution in [0.4, 0.5) is 0 Å². The second-order valence-corrected chi connectivity index (χ2v) is 7.81. The average Bonchev–Trinajstić information content (AvgIpc) is 2.34. The fraction of sp³-hybridized carbons (Fsp3) is 0.450. The summed E-state index contributed by atoms with van der Waals surface area (Å²) in [6.45, 7) is 13.5. The van der Waals surface area contributed by atoms with Crippen molar-refractivity contribution in [1.29, 1.82) is 0 Å². The molecule has 0 radical (unpaired) electrons. The molecule has 23 heavy (non-hydrogen) atoms. The lowest BCUT2D eigenvalue weighted by Gasteiger charge is -2.25. The van der Waals surface area contributed by atoms with Gasteiger partial charge in [-0.05, 0) is 72.1 Å². The van der Waals surface area contributed by atoms with Gasteiger partial charge in [-0.1, -0.05) is 12.1 Å². The number of hydrogen-bond donors (Lipinski definition) is 0. The molecule has 3 heteroatoms. The van der Waals surface area contributed by atoms with Crippen LogP contribution < -0.4 is 9.47 Å². The molecule has 0 aromatic heterocycles. The minimum Gasteiger partial charge on any atom is -0.488 e. The van der Waals surface area contributed by atoms with Gasteiger partial charge in [0.2, 0.25) is 0 Å². The molecule has 2 aromatic rings. The molecular formula is C20H26O3. The molecule has 0 aliphatic heterocycles. The number of benzene rings is 2. The Kier molecular flexibility index (Phi) is 4.43. The predicted octanol–water partition coefficient (Wildman–Crippen LogP) is 5.40. The highest BCUT2D eigenvalue weighted by Gasteiger charge is 2.20. The van der Waals surface area contributed by atoms with Crippen LogP contribution in [-0.2, 0) is 0 Å². The third kappa shape index (κ3) is 4.47. The summed E-state index contributed by atoms with van der Waals surface area (Å²) in [5, 5.41) is 1.92. The van der Waals surface area contributed by atoms with Gasteiger partial charge in [-0.2, -0.15) is 0 Å². The minimum atomic E-state index is -0.364. The van der Waals surface area contributed by atoms with Gasteiger partial charge in [0, 0.05) is 5.39 Å². The van der Waals surface area contributed by atoms with E-state index in [0.29, 0.717) is 11.3 Å². The van der Waals surface area contributed by atoms with Gasteiger partial charge in [-0.15, -0.1) is 0 Å². The zero-order valence-electron chi connectivity index (χ0n) is 15.1. The summed E-state index contributed by atoms with van der Waals surface area (Å²) in [7, 11) is 0. The van der Waals surface area contributed by atoms with Crippen LogP contribution in [-0.4, -0.2) is 17.0 Å². The lowest BCUT2D eigenvalue weighted by atomic mass is 10.0. The van der Waals surface area contributed by atoms with Gasteiger partial charge in [-0.3, -0.25) is 4.79 Å². The second kappa shape index (κ2) is 5.88. The summed E-state index contributed by atoms with van der Waals surface area (Å²) in [6, 6.07) is 9.69. The Morgan fingerprint density at radius 1 is 0.870 bits per heavy atom. The van der Waals surface area contributed by atoms with E-state index >= 15 is 0 Å². The summed E-state index contributed by atoms with van der Waals surface area (Å²) < 4.78 is 12.0. The molecule has 0 unspecified atom stereocenters. The maximum absolute atomic E-state index is 12.1. The first-order valence-corrected chi connectivity index (χ1v) is 7.92. The van der Waals surface area contributed by atoms with Crippen LogP contribution in [0.1, 0.15) is 58.8 Å². The molecule has 0 N–H and O–H groups in total. The van der Waals surface area contributed by atoms with Crippen LogP contribution in [0.3, 0.4) is 0 Å². The van der Waals surface area contributed by atoms with Crippen molar-refractivity contribution in [2.45, 2.75) is 59.7 Å². The maximum Gasteiger partial charge on any atom is 0.163 e. The smallest absolute Gasteiger partial charge is 0.163 e. The number of ketones is 1. The molecule has 0 amide bonds. The number of fused-ring (bicyclic) bond motifs is 1. The molecule has 0 aliphatic carbocycles. The highest BCUT2D eigenvalue weighted by Crippen LogP contribution is 2.35. The number of hydrogen-bond acceptors (Lipinski definition) is 3. The summed E-state index contributed by atoms with van der Waals surface area (Å²) in [6.07, 6.45) is 0. The van der Waals surface area contributed by atoms with Crippen molar-refractivity contribution < 1.29 is 14.3 Å². The summed E-state index contributed by atoms with van der Waals surface area (Å²) >= 11 is 0. The normalized spacial score (nSPS) is 12.3. The molecule has 0 atom stereocenters. The number of carbonyl (C=O) groups is 1. The van der Waals surface area contributed by atoms with Crippen LogP contribution in [0.5, 0.6) is 11.5 Å². The Morgan fingerprint density at radius 3 is 1.96 bits per heavy atom. The van der Waals surface area contributed by atoms with E-state index in [4.69, 9.17) is 9.47 Å². The molecule has 0 saturated carbocycles. The van der Waals surface area contributed by atoms with E-state index in [1.165, 1.54) is 0 Å². The van der Waals surface area contributed by atoms with E-state index in [1.54, 1.807) is 6.92 Å². The second-order valence-electron chi connectivity index (χ2n) is 7.81. The third-order valence-electron chi connectivity index (χ3n) is 3.15. The van der Waals surface area contributed by atoms with Crippen LogP contribution in [0.15, 0.2) is 30.3 Å². The van der Waals surface area contributed by atoms with Gasteiger partial charge in [-0.25, -0.2) is 0 Å². The Labute approximate surface area is 138 Å². The van der Waals surface area contributed by atoms with Crippen molar-refractivity contribution in [2.75, 3.05) is 0 Å². The fourth-order valence-electron chi connectivity index (χ4n) is 2.38. The van der Waals surface area contributed by atoms with Gasteiger partial charge in [0.25, 0.3) is 0 Å². The monoisotopic (exact) mass is 314 g/mol. The number of rotatable bonds is 3. The summed E-state index contributed by atoms with van der Waals surface area (Å²) in [5.41, 5.74) is -0.0831. The van der Waals surface area contributed by atoms with Crippen LogP contribution >= 0.6 is 0 Å². The van der Waals surface area contributed by atoms with Gasteiger partial charge < -0.3 is 9.47 Å². The zero-order valence-corrected chi connectivity index (χ0v) is 15.1. The van der Waals surface area contributed by atoms with Gasteiger partial charge in [0.05, 0.1) is 5.56 Å². The summed E-state index contributed by atoms with van der Waals surface area (Å²) in [4.78, 5) is 12.1. The highest BCUT2D eigenvalue weighted by molar-refractivity contribution is 6.03. The van der Waals surface area contributed by atoms with E-state index < -0.39 is 0 Å². The molecule has 0 spiro atoms. The highest BCUT2D eigenvalue weighted by atomic mass is 16.5. The quantitative estimate of drug-likeness (QED) is 0.712. The fourth-order valence-corrected chi connectivity index (χ4v) is 2.38. The molecule has 2 aromatic carbocycles. The topological polar surface area (TPSA) is 35.5 Å². The molecule has 0 aliphatic rings. The first-order chi connectivity index (χ1) is 10.5. The molecule has 0 saturated heterocycles. The molecule has 3 nitrogen and oxygen atoms in total. The van der Waals surface area contributed by atoms with Gasteiger partial charge in [0.1, 0.15) is 22.7 Å². The van der Waals surface area contributed by atoms with E-state index in [-0.39, 0.29) is 17.0 Å². The molecule has 0 bridgehead atoms. The SMILES string of the molecule is CC(=O)c1cc2c(OC(C)(C)C)cccc2cc1OC(C)(C)C. The molecular weight excluding hydrogens is 288 g/mol. The third-order valence-corrected chi connectivity index (χ3v) is 3.15. The van der Waals surface area contributed by atoms with Gasteiger partial charge >= 0.3 is 0 Å². The maximum atomic E-state index is 12.1. The van der Waals surface area contributed by atoms with Crippen LogP contribution in [0.2, 0.25) is 0 Å². The van der Waals surface area contributed by atoms with E-state index in [2.05, 4.69) is 0 Å². The number of carbonyl (C=O) groups excluding carboxylic acids is 1. The number of Topliss-reactive ketones (excluding diaryl/α,β-unsaturated/α-hetero) is 1. The Hall–Kier alpha value is -2.03. The first kappa shape index (κ1) is 17.3. The van der Waals surface area contributed by atoms with E-state index in [9.17, 15) is 4.79 Å². The van der Waals surface area contributed by atoms with Crippen molar-refractivity contribution in [2.24, 2.45) is 0 Å². The molecule has 0 heterocycles. The summed E-state index contributed by atoms with van der Waals surface area (Å²) in [5.74, 6) is 1.38. The van der Waals surface area contributed by atoms with Crippen molar-refractivity contribution in [3.63, 3.8) is 0 Å². The van der Waals surface area contributed by atoms with E-state index in [0.717, 1.165) is 16.5 Å². The van der Waals surface area contributed by atoms with Crippen LogP contribution in [0.25, 0.3) is 10.8 Å². The molecule has 0 fully saturated rings. The predicted molar refractivity (Wildman–Crippen MR) is 94.7 cm³/mol. The van der Waals surface area contributed by atoms with Crippen molar-refractivity contribution in [1.82, 2.24) is 0 Å². The van der Waals surface area contributed by atoms with Gasteiger partial charge in [0.15, 0.2) is 5.78 Å². The van der Waals surface area contributed by atoms with Crippen LogP contribution in [0, 0.1) is 0 Å². The largest absolute Gasteiger partial charge is 0.488 e. The average molecular weight is 314 g/mol. The molecule has 124 valence electrons. The Morgan fingerprint density at radius 2 is 1.43 bits per heavy atom. The first-order valence-electron chi connectivity index (χ1n) is 7.92. The van der Waals surface area contributed by atoms with E-state index in [1.807, 2.05) is 71.9 Å². The Balaban J connectivity index is 2.64. The zero-order chi connectivity index (χ0) is 17.4. The number of ether oxygens (including phenoxy) is 2.